The molecule has 24 heavy (non-hydrogen) atoms. The Morgan fingerprint density at radius 3 is 2.25 bits per heavy atom. The normalized spacial score (nSPS) is 11.2. The minimum Gasteiger partial charge on any atom is -0.322 e. The molecule has 0 atom stereocenters. The van der Waals surface area contributed by atoms with E-state index in [0.717, 1.165) is 23.1 Å². The van der Waals surface area contributed by atoms with E-state index in [1.165, 1.54) is 11.4 Å². The molecule has 0 aliphatic heterocycles. The fraction of sp³-hybridized carbons (Fsp3) is 0.278. The summed E-state index contributed by atoms with van der Waals surface area (Å²) in [6.07, 6.45) is 1.13. The molecule has 0 saturated heterocycles. The third kappa shape index (κ3) is 3.59. The number of carbonyl (C=O) groups excluding carboxylic acids is 1. The van der Waals surface area contributed by atoms with Crippen molar-refractivity contribution in [1.82, 2.24) is 0 Å². The zero-order valence-electron chi connectivity index (χ0n) is 14.5. The molecule has 0 aliphatic carbocycles. The third-order valence-corrected chi connectivity index (χ3v) is 5.43. The van der Waals surface area contributed by atoms with Crippen LogP contribution in [-0.4, -0.2) is 27.6 Å². The molecule has 1 amide bonds. The molecule has 0 bridgehead atoms. The van der Waals surface area contributed by atoms with Crippen LogP contribution in [0.2, 0.25) is 0 Å². The highest BCUT2D eigenvalue weighted by atomic mass is 32.2. The van der Waals surface area contributed by atoms with Crippen molar-refractivity contribution in [3.05, 3.63) is 58.7 Å². The second-order valence-corrected chi connectivity index (χ2v) is 7.90. The van der Waals surface area contributed by atoms with Gasteiger partial charge in [-0.05, 0) is 55.7 Å². The first kappa shape index (κ1) is 18.0. The Labute approximate surface area is 143 Å². The van der Waals surface area contributed by atoms with Gasteiger partial charge >= 0.3 is 0 Å². The Hall–Kier alpha value is -2.34. The summed E-state index contributed by atoms with van der Waals surface area (Å²) >= 11 is 0. The van der Waals surface area contributed by atoms with Gasteiger partial charge in [-0.2, -0.15) is 0 Å². The van der Waals surface area contributed by atoms with Gasteiger partial charge in [-0.3, -0.25) is 9.10 Å². The quantitative estimate of drug-likeness (QED) is 0.924. The second kappa shape index (κ2) is 6.65. The molecule has 0 radical (unpaired) electrons. The van der Waals surface area contributed by atoms with E-state index in [4.69, 9.17) is 0 Å². The van der Waals surface area contributed by atoms with Gasteiger partial charge in [-0.1, -0.05) is 18.2 Å². The van der Waals surface area contributed by atoms with Crippen LogP contribution in [0.1, 0.15) is 27.0 Å². The molecular weight excluding hydrogens is 324 g/mol. The maximum absolute atomic E-state index is 12.6. The molecule has 0 heterocycles. The first-order chi connectivity index (χ1) is 11.1. The molecule has 1 N–H and O–H groups in total. The largest absolute Gasteiger partial charge is 0.322 e. The van der Waals surface area contributed by atoms with E-state index in [0.29, 0.717) is 16.8 Å². The number of sulfonamides is 1. The van der Waals surface area contributed by atoms with Gasteiger partial charge in [0, 0.05) is 18.3 Å². The number of carbonyl (C=O) groups is 1. The molecule has 128 valence electrons. The predicted octanol–water partition coefficient (Wildman–Crippen LogP) is 3.26. The van der Waals surface area contributed by atoms with Crippen LogP contribution >= 0.6 is 0 Å². The lowest BCUT2D eigenvalue weighted by molar-refractivity contribution is 0.102. The summed E-state index contributed by atoms with van der Waals surface area (Å²) < 4.78 is 24.7. The topological polar surface area (TPSA) is 66.5 Å². The monoisotopic (exact) mass is 346 g/mol. The van der Waals surface area contributed by atoms with E-state index >= 15 is 0 Å². The van der Waals surface area contributed by atoms with Crippen LogP contribution in [0.5, 0.6) is 0 Å². The molecule has 2 rings (SSSR count). The van der Waals surface area contributed by atoms with Crippen LogP contribution in [0.3, 0.4) is 0 Å². The van der Waals surface area contributed by atoms with Crippen LogP contribution < -0.4 is 9.62 Å². The summed E-state index contributed by atoms with van der Waals surface area (Å²) in [5.74, 6) is -0.259. The molecule has 2 aromatic carbocycles. The number of amides is 1. The molecule has 2 aromatic rings. The van der Waals surface area contributed by atoms with Gasteiger partial charge in [0.1, 0.15) is 0 Å². The van der Waals surface area contributed by atoms with Crippen LogP contribution in [0.25, 0.3) is 0 Å². The molecule has 0 spiro atoms. The van der Waals surface area contributed by atoms with Crippen LogP contribution in [0.15, 0.2) is 36.4 Å². The minimum absolute atomic E-state index is 0.259. The van der Waals surface area contributed by atoms with Gasteiger partial charge in [0.25, 0.3) is 5.91 Å². The number of aryl methyl sites for hydroxylation is 1. The molecule has 0 fully saturated rings. The summed E-state index contributed by atoms with van der Waals surface area (Å²) in [7, 11) is -1.91. The van der Waals surface area contributed by atoms with Gasteiger partial charge in [-0.15, -0.1) is 0 Å². The molecular formula is C18H22N2O3S. The molecule has 0 saturated carbocycles. The van der Waals surface area contributed by atoms with Gasteiger partial charge < -0.3 is 5.32 Å². The van der Waals surface area contributed by atoms with Crippen molar-refractivity contribution >= 4 is 27.3 Å². The summed E-state index contributed by atoms with van der Waals surface area (Å²) in [5.41, 5.74) is 4.41. The van der Waals surface area contributed by atoms with Crippen molar-refractivity contribution in [1.29, 1.82) is 0 Å². The fourth-order valence-corrected chi connectivity index (χ4v) is 3.02. The van der Waals surface area contributed by atoms with E-state index in [2.05, 4.69) is 5.32 Å². The summed E-state index contributed by atoms with van der Waals surface area (Å²) in [4.78, 5) is 12.6. The maximum atomic E-state index is 12.6. The van der Waals surface area contributed by atoms with E-state index in [-0.39, 0.29) is 5.91 Å². The lowest BCUT2D eigenvalue weighted by Crippen LogP contribution is -2.26. The lowest BCUT2D eigenvalue weighted by Gasteiger charge is -2.20. The highest BCUT2D eigenvalue weighted by molar-refractivity contribution is 7.92. The van der Waals surface area contributed by atoms with Gasteiger partial charge in [0.05, 0.1) is 11.9 Å². The van der Waals surface area contributed by atoms with E-state index in [1.807, 2.05) is 32.0 Å². The molecule has 0 aromatic heterocycles. The summed E-state index contributed by atoms with van der Waals surface area (Å²) in [6, 6.07) is 10.8. The SMILES string of the molecule is Cc1cccc(NC(=O)c2cccc(N(C)S(C)(=O)=O)c2C)c1C. The van der Waals surface area contributed by atoms with Crippen molar-refractivity contribution < 1.29 is 13.2 Å². The van der Waals surface area contributed by atoms with E-state index < -0.39 is 10.0 Å². The number of hydrogen-bond donors (Lipinski definition) is 1. The predicted molar refractivity (Wildman–Crippen MR) is 98.3 cm³/mol. The van der Waals surface area contributed by atoms with E-state index in [1.54, 1.807) is 25.1 Å². The standard InChI is InChI=1S/C18H22N2O3S/c1-12-8-6-10-16(13(12)2)19-18(21)15-9-7-11-17(14(15)3)20(4)24(5,22)23/h6-11H,1-5H3,(H,19,21). The van der Waals surface area contributed by atoms with Crippen molar-refractivity contribution in [2.75, 3.05) is 22.9 Å². The van der Waals surface area contributed by atoms with Crippen LogP contribution in [0, 0.1) is 20.8 Å². The van der Waals surface area contributed by atoms with Crippen LogP contribution in [0.4, 0.5) is 11.4 Å². The van der Waals surface area contributed by atoms with Crippen molar-refractivity contribution in [3.63, 3.8) is 0 Å². The Kier molecular flexibility index (Phi) is 4.99. The molecule has 0 aliphatic rings. The highest BCUT2D eigenvalue weighted by Crippen LogP contribution is 2.25. The van der Waals surface area contributed by atoms with E-state index in [9.17, 15) is 13.2 Å². The van der Waals surface area contributed by atoms with Crippen molar-refractivity contribution in [3.8, 4) is 0 Å². The third-order valence-electron chi connectivity index (χ3n) is 4.24. The maximum Gasteiger partial charge on any atom is 0.256 e. The first-order valence-electron chi connectivity index (χ1n) is 7.54. The number of hydrogen-bond acceptors (Lipinski definition) is 3. The zero-order valence-corrected chi connectivity index (χ0v) is 15.4. The number of anilines is 2. The first-order valence-corrected chi connectivity index (χ1v) is 9.39. The molecule has 5 nitrogen and oxygen atoms in total. The number of nitrogens with zero attached hydrogens (tertiary/aromatic N) is 1. The number of nitrogens with one attached hydrogen (secondary N) is 1. The number of benzene rings is 2. The second-order valence-electron chi connectivity index (χ2n) is 5.88. The lowest BCUT2D eigenvalue weighted by atomic mass is 10.0. The Morgan fingerprint density at radius 1 is 1.00 bits per heavy atom. The smallest absolute Gasteiger partial charge is 0.256 e. The number of rotatable bonds is 4. The average molecular weight is 346 g/mol. The summed E-state index contributed by atoms with van der Waals surface area (Å²) in [5, 5.41) is 2.91. The summed E-state index contributed by atoms with van der Waals surface area (Å²) in [6.45, 7) is 5.68. The molecule has 6 heteroatoms. The zero-order chi connectivity index (χ0) is 18.1. The van der Waals surface area contributed by atoms with Gasteiger partial charge in [0.2, 0.25) is 10.0 Å². The Morgan fingerprint density at radius 2 is 1.62 bits per heavy atom. The van der Waals surface area contributed by atoms with Crippen molar-refractivity contribution in [2.45, 2.75) is 20.8 Å². The highest BCUT2D eigenvalue weighted by Gasteiger charge is 2.19. The fourth-order valence-electron chi connectivity index (χ4n) is 2.47. The van der Waals surface area contributed by atoms with Crippen molar-refractivity contribution in [2.24, 2.45) is 0 Å². The Balaban J connectivity index is 2.39. The molecule has 0 unspecified atom stereocenters. The van der Waals surface area contributed by atoms with Crippen LogP contribution in [-0.2, 0) is 10.0 Å². The average Bonchev–Trinajstić information content (AvgIpc) is 2.50. The van der Waals surface area contributed by atoms with Gasteiger partial charge in [-0.25, -0.2) is 8.42 Å². The Bertz CT molecular complexity index is 889. The minimum atomic E-state index is -3.39. The van der Waals surface area contributed by atoms with Gasteiger partial charge in [0.15, 0.2) is 0 Å².